The molecule has 25 heavy (non-hydrogen) atoms. The van der Waals surface area contributed by atoms with E-state index in [9.17, 15) is 52.5 Å². The minimum atomic E-state index is -7.43. The van der Waals surface area contributed by atoms with Crippen LogP contribution in [0.4, 0.5) is 39.5 Å². The van der Waals surface area contributed by atoms with Gasteiger partial charge in [-0.2, -0.15) is 39.5 Å². The van der Waals surface area contributed by atoms with Gasteiger partial charge in [0.1, 0.15) is 0 Å². The standard InChI is InChI=1S/C7H15N.C4HF9O3S/c1-7-4-3-5-8(2)6-7;5-1(6,3(9,10)11)2(7,8)4(12,13)17(14,15)16/h7H,3-6H2,1-2H3;(H,14,15,16). The SMILES string of the molecule is CC1CCC[NH+](C)C1.O=S(=O)([O-])C(F)(F)C(F)(F)C(F)(F)C(F)(F)F. The number of quaternary nitrogens is 1. The Morgan fingerprint density at radius 1 is 0.960 bits per heavy atom. The van der Waals surface area contributed by atoms with Crippen LogP contribution in [-0.4, -0.2) is 56.4 Å². The van der Waals surface area contributed by atoms with Crippen molar-refractivity contribution in [2.75, 3.05) is 20.1 Å². The maximum atomic E-state index is 12.2. The first kappa shape index (κ1) is 24.2. The third-order valence-corrected chi connectivity index (χ3v) is 4.31. The van der Waals surface area contributed by atoms with Crippen molar-refractivity contribution in [1.82, 2.24) is 0 Å². The molecule has 0 aromatic carbocycles. The second-order valence-electron chi connectivity index (χ2n) is 5.78. The second kappa shape index (κ2) is 7.47. The summed E-state index contributed by atoms with van der Waals surface area (Å²) in [5, 5.41) is -7.11. The molecule has 0 radical (unpaired) electrons. The molecule has 1 fully saturated rings. The molecule has 0 amide bonds. The van der Waals surface area contributed by atoms with E-state index in [2.05, 4.69) is 14.0 Å². The maximum Gasteiger partial charge on any atom is 0.460 e. The van der Waals surface area contributed by atoms with Crippen LogP contribution in [0.2, 0.25) is 0 Å². The molecule has 152 valence electrons. The van der Waals surface area contributed by atoms with E-state index in [1.54, 1.807) is 4.90 Å². The topological polar surface area (TPSA) is 61.6 Å². The molecule has 2 atom stereocenters. The van der Waals surface area contributed by atoms with Gasteiger partial charge in [0.2, 0.25) is 0 Å². The highest BCUT2D eigenvalue weighted by Crippen LogP contribution is 2.54. The Morgan fingerprint density at radius 3 is 1.64 bits per heavy atom. The van der Waals surface area contributed by atoms with Crippen molar-refractivity contribution in [2.45, 2.75) is 43.0 Å². The van der Waals surface area contributed by atoms with Gasteiger partial charge in [-0.05, 0) is 12.8 Å². The molecule has 0 aromatic heterocycles. The highest BCUT2D eigenvalue weighted by Gasteiger charge is 2.83. The molecule has 1 N–H and O–H groups in total. The lowest BCUT2D eigenvalue weighted by Crippen LogP contribution is -3.10. The summed E-state index contributed by atoms with van der Waals surface area (Å²) in [5.41, 5.74) is 0. The number of piperidine rings is 1. The van der Waals surface area contributed by atoms with Crippen LogP contribution in [0.5, 0.6) is 0 Å². The normalized spacial score (nSPS) is 23.7. The van der Waals surface area contributed by atoms with Crippen LogP contribution >= 0.6 is 0 Å². The largest absolute Gasteiger partial charge is 0.743 e. The summed E-state index contributed by atoms with van der Waals surface area (Å²) in [7, 11) is -5.13. The molecule has 0 saturated carbocycles. The van der Waals surface area contributed by atoms with Crippen LogP contribution in [0, 0.1) is 5.92 Å². The summed E-state index contributed by atoms with van der Waals surface area (Å²) in [5.74, 6) is -13.8. The minimum absolute atomic E-state index is 0.976. The van der Waals surface area contributed by atoms with Gasteiger partial charge < -0.3 is 9.45 Å². The van der Waals surface area contributed by atoms with E-state index < -0.39 is 33.4 Å². The summed E-state index contributed by atoms with van der Waals surface area (Å²) in [6.45, 7) is 5.13. The molecule has 0 aromatic rings. The van der Waals surface area contributed by atoms with Crippen LogP contribution < -0.4 is 4.90 Å². The van der Waals surface area contributed by atoms with E-state index in [0.29, 0.717) is 0 Å². The third kappa shape index (κ3) is 5.12. The van der Waals surface area contributed by atoms with Crippen molar-refractivity contribution < 1.29 is 57.4 Å². The van der Waals surface area contributed by atoms with Crippen molar-refractivity contribution in [3.05, 3.63) is 0 Å². The Kier molecular flexibility index (Phi) is 7.24. The van der Waals surface area contributed by atoms with Crippen molar-refractivity contribution in [1.29, 1.82) is 0 Å². The smallest absolute Gasteiger partial charge is 0.460 e. The Balaban J connectivity index is 0.000000593. The number of alkyl halides is 9. The number of halogens is 9. The number of hydrogen-bond acceptors (Lipinski definition) is 3. The monoisotopic (exact) mass is 413 g/mol. The van der Waals surface area contributed by atoms with Crippen molar-refractivity contribution in [3.63, 3.8) is 0 Å². The summed E-state index contributed by atoms with van der Waals surface area (Å²) in [6, 6.07) is 0. The highest BCUT2D eigenvalue weighted by atomic mass is 32.2. The molecule has 4 nitrogen and oxygen atoms in total. The van der Waals surface area contributed by atoms with Crippen molar-refractivity contribution in [2.24, 2.45) is 5.92 Å². The quantitative estimate of drug-likeness (QED) is 0.568. The van der Waals surface area contributed by atoms with Gasteiger partial charge in [0, 0.05) is 5.92 Å². The molecule has 1 saturated heterocycles. The van der Waals surface area contributed by atoms with Crippen molar-refractivity contribution >= 4 is 10.1 Å². The van der Waals surface area contributed by atoms with Crippen LogP contribution in [-0.2, 0) is 10.1 Å². The lowest BCUT2D eigenvalue weighted by Gasteiger charge is -2.34. The number of rotatable bonds is 3. The predicted octanol–water partition coefficient (Wildman–Crippen LogP) is 1.89. The van der Waals surface area contributed by atoms with E-state index >= 15 is 0 Å². The Bertz CT molecular complexity index is 539. The second-order valence-corrected chi connectivity index (χ2v) is 7.20. The minimum Gasteiger partial charge on any atom is -0.743 e. The molecule has 0 bridgehead atoms. The molecule has 2 unspecified atom stereocenters. The highest BCUT2D eigenvalue weighted by molar-refractivity contribution is 7.86. The zero-order valence-electron chi connectivity index (χ0n) is 12.9. The van der Waals surface area contributed by atoms with E-state index in [0.717, 1.165) is 5.92 Å². The van der Waals surface area contributed by atoms with Gasteiger partial charge in [-0.15, -0.1) is 0 Å². The average Bonchev–Trinajstić information content (AvgIpc) is 2.35. The fraction of sp³-hybridized carbons (Fsp3) is 1.00. The summed E-state index contributed by atoms with van der Waals surface area (Å²) >= 11 is 0. The molecule has 0 aliphatic carbocycles. The molecule has 1 rings (SSSR count). The number of nitrogens with one attached hydrogen (secondary N) is 1. The van der Waals surface area contributed by atoms with E-state index in [1.807, 2.05) is 0 Å². The Labute approximate surface area is 137 Å². The average molecular weight is 413 g/mol. The zero-order valence-corrected chi connectivity index (χ0v) is 13.8. The molecular formula is C11H16F9NO3S. The molecule has 1 heterocycles. The molecule has 0 spiro atoms. The fourth-order valence-corrected chi connectivity index (χ4v) is 2.51. The summed E-state index contributed by atoms with van der Waals surface area (Å²) in [4.78, 5) is 1.71. The molecule has 1 aliphatic heterocycles. The maximum absolute atomic E-state index is 12.2. The fourth-order valence-electron chi connectivity index (χ4n) is 2.07. The van der Waals surface area contributed by atoms with Gasteiger partial charge in [0.15, 0.2) is 10.1 Å². The van der Waals surface area contributed by atoms with Crippen LogP contribution in [0.25, 0.3) is 0 Å². The van der Waals surface area contributed by atoms with Gasteiger partial charge in [-0.25, -0.2) is 8.42 Å². The molecular weight excluding hydrogens is 397 g/mol. The van der Waals surface area contributed by atoms with Gasteiger partial charge in [0.25, 0.3) is 0 Å². The van der Waals surface area contributed by atoms with Crippen molar-refractivity contribution in [3.8, 4) is 0 Å². The third-order valence-electron chi connectivity index (χ3n) is 3.43. The molecule has 1 aliphatic rings. The van der Waals surface area contributed by atoms with Crippen LogP contribution in [0.15, 0.2) is 0 Å². The van der Waals surface area contributed by atoms with Gasteiger partial charge in [0.05, 0.1) is 20.1 Å². The van der Waals surface area contributed by atoms with Crippen LogP contribution in [0.3, 0.4) is 0 Å². The van der Waals surface area contributed by atoms with Gasteiger partial charge in [-0.1, -0.05) is 6.92 Å². The number of hydrogen-bond donors (Lipinski definition) is 1. The van der Waals surface area contributed by atoms with E-state index in [1.165, 1.54) is 25.9 Å². The Hall–Kier alpha value is -0.760. The van der Waals surface area contributed by atoms with Gasteiger partial charge >= 0.3 is 23.3 Å². The lowest BCUT2D eigenvalue weighted by molar-refractivity contribution is -0.888. The first-order valence-corrected chi connectivity index (χ1v) is 8.16. The lowest BCUT2D eigenvalue weighted by atomic mass is 10.0. The summed E-state index contributed by atoms with van der Waals surface area (Å²) < 4.78 is 135. The molecule has 14 heteroatoms. The first-order chi connectivity index (χ1) is 10.8. The Morgan fingerprint density at radius 2 is 1.40 bits per heavy atom. The summed E-state index contributed by atoms with van der Waals surface area (Å²) in [6.07, 6.45) is -4.27. The van der Waals surface area contributed by atoms with Gasteiger partial charge in [-0.3, -0.25) is 0 Å². The zero-order chi connectivity index (χ0) is 20.5. The first-order valence-electron chi connectivity index (χ1n) is 6.76. The number of likely N-dealkylation sites (tertiary alicyclic amines) is 1. The van der Waals surface area contributed by atoms with Crippen LogP contribution in [0.1, 0.15) is 19.8 Å². The van der Waals surface area contributed by atoms with E-state index in [4.69, 9.17) is 0 Å². The van der Waals surface area contributed by atoms with E-state index in [-0.39, 0.29) is 0 Å². The predicted molar refractivity (Wildman–Crippen MR) is 65.6 cm³/mol.